The predicted molar refractivity (Wildman–Crippen MR) is 103 cm³/mol. The molecule has 0 aromatic heterocycles. The summed E-state index contributed by atoms with van der Waals surface area (Å²) in [5, 5.41) is 15.6. The molecule has 1 aromatic carbocycles. The average molecular weight is 375 g/mol. The third-order valence-corrected chi connectivity index (χ3v) is 5.29. The van der Waals surface area contributed by atoms with E-state index in [1.165, 1.54) is 0 Å². The number of hydrogen-bond donors (Lipinski definition) is 3. The van der Waals surface area contributed by atoms with Crippen LogP contribution < -0.4 is 15.4 Å². The van der Waals surface area contributed by atoms with Crippen LogP contribution in [-0.4, -0.2) is 60.7 Å². The lowest BCUT2D eigenvalue weighted by Crippen LogP contribution is -2.49. The van der Waals surface area contributed by atoms with Gasteiger partial charge in [0.25, 0.3) is 5.91 Å². The molecule has 7 nitrogen and oxygen atoms in total. The summed E-state index contributed by atoms with van der Waals surface area (Å²) < 4.78 is 6.16. The maximum Gasteiger partial charge on any atom is 0.258 e. The standard InChI is InChI=1S/C20H29N3O4/c1-12-10-23(13(2)11-24)20(26)16-8-15(22-19(25)14-4-5-14)6-7-17(16)27-18(12)9-21-3/h6-8,12-14,18,21,24H,4-5,9-11H2,1-3H3,(H,22,25)/t12-,13+,18+/m0/s1. The van der Waals surface area contributed by atoms with Gasteiger partial charge in [0.1, 0.15) is 11.9 Å². The first kappa shape index (κ1) is 19.6. The van der Waals surface area contributed by atoms with Crippen molar-refractivity contribution in [1.29, 1.82) is 0 Å². The molecule has 2 aliphatic rings. The lowest BCUT2D eigenvalue weighted by molar-refractivity contribution is -0.117. The summed E-state index contributed by atoms with van der Waals surface area (Å²) in [6.45, 7) is 4.91. The SMILES string of the molecule is CNC[C@H]1Oc2ccc(NC(=O)C3CC3)cc2C(=O)N([C@H](C)CO)C[C@@H]1C. The first-order valence-corrected chi connectivity index (χ1v) is 9.62. The summed E-state index contributed by atoms with van der Waals surface area (Å²) in [7, 11) is 1.87. The molecule has 2 amide bonds. The van der Waals surface area contributed by atoms with Crippen LogP contribution in [0.5, 0.6) is 5.75 Å². The van der Waals surface area contributed by atoms with Crippen LogP contribution in [0.25, 0.3) is 0 Å². The summed E-state index contributed by atoms with van der Waals surface area (Å²) in [5.74, 6) is 0.496. The second kappa shape index (κ2) is 8.27. The van der Waals surface area contributed by atoms with E-state index in [0.717, 1.165) is 12.8 Å². The molecule has 0 radical (unpaired) electrons. The second-order valence-corrected chi connectivity index (χ2v) is 7.65. The number of aliphatic hydroxyl groups is 1. The molecule has 1 heterocycles. The van der Waals surface area contributed by atoms with E-state index in [-0.39, 0.29) is 42.4 Å². The number of rotatable bonds is 6. The number of carbonyl (C=O) groups excluding carboxylic acids is 2. The van der Waals surface area contributed by atoms with Gasteiger partial charge < -0.3 is 25.4 Å². The first-order valence-electron chi connectivity index (χ1n) is 9.62. The number of benzene rings is 1. The summed E-state index contributed by atoms with van der Waals surface area (Å²) >= 11 is 0. The van der Waals surface area contributed by atoms with E-state index in [1.54, 1.807) is 23.1 Å². The second-order valence-electron chi connectivity index (χ2n) is 7.65. The number of nitrogens with zero attached hydrogens (tertiary/aromatic N) is 1. The third-order valence-electron chi connectivity index (χ3n) is 5.29. The van der Waals surface area contributed by atoms with E-state index in [1.807, 2.05) is 20.9 Å². The fraction of sp³-hybridized carbons (Fsp3) is 0.600. The molecule has 27 heavy (non-hydrogen) atoms. The number of hydrogen-bond acceptors (Lipinski definition) is 5. The van der Waals surface area contributed by atoms with Gasteiger partial charge in [-0.1, -0.05) is 6.92 Å². The average Bonchev–Trinajstić information content (AvgIpc) is 3.50. The van der Waals surface area contributed by atoms with Crippen LogP contribution in [0.1, 0.15) is 37.0 Å². The molecule has 0 bridgehead atoms. The number of likely N-dealkylation sites (N-methyl/N-ethyl adjacent to an activating group) is 1. The summed E-state index contributed by atoms with van der Waals surface area (Å²) in [6.07, 6.45) is 1.73. The van der Waals surface area contributed by atoms with Crippen molar-refractivity contribution < 1.29 is 19.4 Å². The Bertz CT molecular complexity index is 704. The number of amides is 2. The maximum atomic E-state index is 13.2. The predicted octanol–water partition coefficient (Wildman–Crippen LogP) is 1.47. The molecule has 3 rings (SSSR count). The lowest BCUT2D eigenvalue weighted by atomic mass is 9.99. The highest BCUT2D eigenvalue weighted by atomic mass is 16.5. The molecule has 1 aliphatic carbocycles. The highest BCUT2D eigenvalue weighted by Crippen LogP contribution is 2.33. The molecular formula is C20H29N3O4. The Morgan fingerprint density at radius 3 is 2.78 bits per heavy atom. The molecule has 0 unspecified atom stereocenters. The Kier molecular flexibility index (Phi) is 6.01. The number of fused-ring (bicyclic) bond motifs is 1. The number of anilines is 1. The molecule has 1 saturated carbocycles. The van der Waals surface area contributed by atoms with Gasteiger partial charge in [-0.05, 0) is 45.0 Å². The van der Waals surface area contributed by atoms with Gasteiger partial charge in [-0.3, -0.25) is 9.59 Å². The Labute approximate surface area is 160 Å². The minimum Gasteiger partial charge on any atom is -0.488 e. The van der Waals surface area contributed by atoms with Crippen molar-refractivity contribution >= 4 is 17.5 Å². The Balaban J connectivity index is 1.94. The highest BCUT2D eigenvalue weighted by Gasteiger charge is 2.33. The molecule has 7 heteroatoms. The van der Waals surface area contributed by atoms with E-state index >= 15 is 0 Å². The van der Waals surface area contributed by atoms with Gasteiger partial charge >= 0.3 is 0 Å². The van der Waals surface area contributed by atoms with Crippen LogP contribution in [-0.2, 0) is 4.79 Å². The zero-order chi connectivity index (χ0) is 19.6. The van der Waals surface area contributed by atoms with Crippen LogP contribution in [0.3, 0.4) is 0 Å². The van der Waals surface area contributed by atoms with Crippen molar-refractivity contribution in [3.05, 3.63) is 23.8 Å². The van der Waals surface area contributed by atoms with Gasteiger partial charge in [-0.25, -0.2) is 0 Å². The zero-order valence-corrected chi connectivity index (χ0v) is 16.2. The summed E-state index contributed by atoms with van der Waals surface area (Å²) in [4.78, 5) is 27.0. The number of ether oxygens (including phenoxy) is 1. The maximum absolute atomic E-state index is 13.2. The Morgan fingerprint density at radius 1 is 1.41 bits per heavy atom. The Morgan fingerprint density at radius 2 is 2.15 bits per heavy atom. The summed E-state index contributed by atoms with van der Waals surface area (Å²) in [5.41, 5.74) is 1.01. The van der Waals surface area contributed by atoms with E-state index < -0.39 is 0 Å². The first-order chi connectivity index (χ1) is 12.9. The van der Waals surface area contributed by atoms with Crippen molar-refractivity contribution in [1.82, 2.24) is 10.2 Å². The van der Waals surface area contributed by atoms with Crippen molar-refractivity contribution in [3.8, 4) is 5.75 Å². The normalized spacial score (nSPS) is 23.7. The molecule has 148 valence electrons. The van der Waals surface area contributed by atoms with E-state index in [9.17, 15) is 14.7 Å². The molecule has 1 aliphatic heterocycles. The van der Waals surface area contributed by atoms with Crippen molar-refractivity contribution in [2.75, 3.05) is 32.1 Å². The van der Waals surface area contributed by atoms with E-state index in [2.05, 4.69) is 10.6 Å². The molecule has 3 atom stereocenters. The van der Waals surface area contributed by atoms with Crippen molar-refractivity contribution in [3.63, 3.8) is 0 Å². The van der Waals surface area contributed by atoms with Crippen molar-refractivity contribution in [2.45, 2.75) is 38.8 Å². The topological polar surface area (TPSA) is 90.9 Å². The van der Waals surface area contributed by atoms with E-state index in [4.69, 9.17) is 4.74 Å². The smallest absolute Gasteiger partial charge is 0.258 e. The third kappa shape index (κ3) is 4.42. The van der Waals surface area contributed by atoms with Crippen molar-refractivity contribution in [2.24, 2.45) is 11.8 Å². The summed E-state index contributed by atoms with van der Waals surface area (Å²) in [6, 6.07) is 4.90. The van der Waals surface area contributed by atoms with E-state index in [0.29, 0.717) is 30.1 Å². The Hall–Kier alpha value is -2.12. The van der Waals surface area contributed by atoms with Crippen LogP contribution in [0.2, 0.25) is 0 Å². The zero-order valence-electron chi connectivity index (χ0n) is 16.2. The monoisotopic (exact) mass is 375 g/mol. The number of nitrogens with one attached hydrogen (secondary N) is 2. The minimum absolute atomic E-state index is 0.00331. The highest BCUT2D eigenvalue weighted by molar-refractivity contribution is 6.00. The van der Waals surface area contributed by atoms with Gasteiger partial charge in [0, 0.05) is 30.6 Å². The van der Waals surface area contributed by atoms with Gasteiger partial charge in [-0.2, -0.15) is 0 Å². The molecule has 0 saturated heterocycles. The van der Waals surface area contributed by atoms with Gasteiger partial charge in [-0.15, -0.1) is 0 Å². The lowest BCUT2D eigenvalue weighted by Gasteiger charge is -2.37. The van der Waals surface area contributed by atoms with Crippen LogP contribution in [0.15, 0.2) is 18.2 Å². The quantitative estimate of drug-likeness (QED) is 0.701. The number of aliphatic hydroxyl groups excluding tert-OH is 1. The molecule has 1 aromatic rings. The fourth-order valence-corrected chi connectivity index (χ4v) is 3.33. The fourth-order valence-electron chi connectivity index (χ4n) is 3.33. The molecule has 0 spiro atoms. The van der Waals surface area contributed by atoms with Crippen LogP contribution in [0, 0.1) is 11.8 Å². The largest absolute Gasteiger partial charge is 0.488 e. The molecule has 1 fully saturated rings. The molecule has 3 N–H and O–H groups in total. The van der Waals surface area contributed by atoms with Gasteiger partial charge in [0.05, 0.1) is 18.2 Å². The van der Waals surface area contributed by atoms with Crippen LogP contribution in [0.4, 0.5) is 5.69 Å². The molecular weight excluding hydrogens is 346 g/mol. The van der Waals surface area contributed by atoms with Gasteiger partial charge in [0.15, 0.2) is 0 Å². The van der Waals surface area contributed by atoms with Gasteiger partial charge in [0.2, 0.25) is 5.91 Å². The number of carbonyl (C=O) groups is 2. The minimum atomic E-state index is -0.300. The van der Waals surface area contributed by atoms with Crippen LogP contribution >= 0.6 is 0 Å².